The van der Waals surface area contributed by atoms with Crippen LogP contribution in [0.4, 0.5) is 25.1 Å². The monoisotopic (exact) mass is 560 g/mol. The molecule has 13 heteroatoms. The van der Waals surface area contributed by atoms with Crippen molar-refractivity contribution in [2.45, 2.75) is 38.9 Å². The molecule has 0 saturated heterocycles. The fourth-order valence-electron chi connectivity index (χ4n) is 4.29. The molecule has 0 saturated carbocycles. The summed E-state index contributed by atoms with van der Waals surface area (Å²) >= 11 is 5.82. The van der Waals surface area contributed by atoms with Crippen LogP contribution in [-0.2, 0) is 22.7 Å². The second-order valence-electron chi connectivity index (χ2n) is 8.96. The van der Waals surface area contributed by atoms with Crippen molar-refractivity contribution in [2.75, 3.05) is 18.4 Å². The van der Waals surface area contributed by atoms with Crippen molar-refractivity contribution >= 4 is 41.0 Å². The van der Waals surface area contributed by atoms with Crippen LogP contribution in [0.1, 0.15) is 25.6 Å². The number of nitrogens with one attached hydrogen (secondary N) is 3. The average molecular weight is 561 g/mol. The maximum absolute atomic E-state index is 14.1. The van der Waals surface area contributed by atoms with Gasteiger partial charge in [0, 0.05) is 30.9 Å². The van der Waals surface area contributed by atoms with Crippen molar-refractivity contribution in [3.8, 4) is 11.3 Å². The Labute approximate surface area is 228 Å². The molecule has 3 aromatic rings. The second-order valence-corrected chi connectivity index (χ2v) is 9.36. The Hall–Kier alpha value is -4.19. The molecule has 1 aliphatic heterocycles. The lowest BCUT2D eigenvalue weighted by molar-refractivity contribution is -0.137. The van der Waals surface area contributed by atoms with Crippen LogP contribution < -0.4 is 16.0 Å². The molecule has 1 atom stereocenters. The highest BCUT2D eigenvalue weighted by Gasteiger charge is 2.32. The van der Waals surface area contributed by atoms with Gasteiger partial charge in [0.2, 0.25) is 11.8 Å². The van der Waals surface area contributed by atoms with E-state index in [2.05, 4.69) is 20.9 Å². The molecule has 4 rings (SSSR count). The highest BCUT2D eigenvalue weighted by molar-refractivity contribution is 6.30. The number of carbonyl (C=O) groups excluding carboxylic acids is 2. The highest BCUT2D eigenvalue weighted by Crippen LogP contribution is 2.34. The molecule has 0 spiro atoms. The summed E-state index contributed by atoms with van der Waals surface area (Å²) in [5.74, 6) is -1.21. The van der Waals surface area contributed by atoms with Crippen LogP contribution in [0.25, 0.3) is 11.3 Å². The van der Waals surface area contributed by atoms with Gasteiger partial charge in [-0.2, -0.15) is 0 Å². The maximum atomic E-state index is 14.1. The van der Waals surface area contributed by atoms with Crippen LogP contribution in [0.5, 0.6) is 0 Å². The van der Waals surface area contributed by atoms with Gasteiger partial charge in [-0.1, -0.05) is 30.7 Å². The van der Waals surface area contributed by atoms with Crippen LogP contribution in [0.2, 0.25) is 5.02 Å². The third-order valence-electron chi connectivity index (χ3n) is 6.12. The molecule has 4 N–H and O–H groups in total. The standard InChI is InChI=1S/C26H27ClF2N6O4/c1-2-8-30-22(36)13-20(32-26(38)39)25(37)34-9-10-35-21(14-34)33-23(15-4-3-5-16(28)11-15)24(35)31-17-6-7-18(27)19(29)12-17/h3-7,11-12,20,31-32H,2,8-10,13-14H2,1H3,(H,30,36)(H,38,39)/t20-/m0/s1. The molecule has 1 aliphatic rings. The van der Waals surface area contributed by atoms with Crippen LogP contribution in [0.15, 0.2) is 42.5 Å². The summed E-state index contributed by atoms with van der Waals surface area (Å²) < 4.78 is 30.0. The summed E-state index contributed by atoms with van der Waals surface area (Å²) in [6, 6.07) is 8.76. The fourth-order valence-corrected chi connectivity index (χ4v) is 4.40. The summed E-state index contributed by atoms with van der Waals surface area (Å²) in [6.07, 6.45) is -1.08. The Morgan fingerprint density at radius 1 is 1.15 bits per heavy atom. The van der Waals surface area contributed by atoms with Gasteiger partial charge >= 0.3 is 6.09 Å². The van der Waals surface area contributed by atoms with Crippen molar-refractivity contribution < 1.29 is 28.3 Å². The Morgan fingerprint density at radius 3 is 2.64 bits per heavy atom. The number of anilines is 2. The Kier molecular flexibility index (Phi) is 8.65. The minimum Gasteiger partial charge on any atom is -0.465 e. The van der Waals surface area contributed by atoms with Gasteiger partial charge in [0.05, 0.1) is 18.0 Å². The van der Waals surface area contributed by atoms with E-state index in [1.165, 1.54) is 35.2 Å². The molecule has 0 aliphatic carbocycles. The van der Waals surface area contributed by atoms with E-state index in [1.54, 1.807) is 16.7 Å². The quantitative estimate of drug-likeness (QED) is 0.312. The van der Waals surface area contributed by atoms with Crippen LogP contribution in [-0.4, -0.2) is 56.6 Å². The molecule has 0 unspecified atom stereocenters. The first-order valence-corrected chi connectivity index (χ1v) is 12.7. The predicted molar refractivity (Wildman–Crippen MR) is 141 cm³/mol. The van der Waals surface area contributed by atoms with Gasteiger partial charge in [0.25, 0.3) is 0 Å². The number of fused-ring (bicyclic) bond motifs is 1. The lowest BCUT2D eigenvalue weighted by atomic mass is 10.1. The van der Waals surface area contributed by atoms with Crippen molar-refractivity contribution in [2.24, 2.45) is 0 Å². The molecule has 3 amide bonds. The topological polar surface area (TPSA) is 129 Å². The number of rotatable bonds is 9. The smallest absolute Gasteiger partial charge is 0.405 e. The van der Waals surface area contributed by atoms with Gasteiger partial charge in [0.1, 0.15) is 35.0 Å². The normalized spacial score (nSPS) is 13.4. The molecule has 2 heterocycles. The number of imidazole rings is 1. The SMILES string of the molecule is CCCNC(=O)C[C@H](NC(=O)O)C(=O)N1CCn2c(nc(-c3cccc(F)c3)c2Nc2ccc(Cl)c(F)c2)C1. The molecule has 39 heavy (non-hydrogen) atoms. The van der Waals surface area contributed by atoms with Crippen molar-refractivity contribution in [1.29, 1.82) is 0 Å². The molecular weight excluding hydrogens is 534 g/mol. The van der Waals surface area contributed by atoms with E-state index in [-0.39, 0.29) is 31.1 Å². The van der Waals surface area contributed by atoms with Gasteiger partial charge < -0.3 is 30.5 Å². The zero-order valence-electron chi connectivity index (χ0n) is 21.0. The molecule has 1 aromatic heterocycles. The van der Waals surface area contributed by atoms with Gasteiger partial charge in [-0.25, -0.2) is 18.6 Å². The first kappa shape index (κ1) is 27.8. The summed E-state index contributed by atoms with van der Waals surface area (Å²) in [5, 5.41) is 17.1. The van der Waals surface area contributed by atoms with E-state index in [0.29, 0.717) is 41.6 Å². The van der Waals surface area contributed by atoms with Crippen LogP contribution in [0.3, 0.4) is 0 Å². The van der Waals surface area contributed by atoms with Gasteiger partial charge in [-0.3, -0.25) is 9.59 Å². The van der Waals surface area contributed by atoms with Crippen molar-refractivity contribution in [1.82, 2.24) is 25.1 Å². The predicted octanol–water partition coefficient (Wildman–Crippen LogP) is 4.12. The van der Waals surface area contributed by atoms with Gasteiger partial charge in [-0.05, 0) is 36.8 Å². The molecule has 0 fully saturated rings. The van der Waals surface area contributed by atoms with E-state index in [0.717, 1.165) is 0 Å². The number of benzene rings is 2. The van der Waals surface area contributed by atoms with E-state index in [1.807, 2.05) is 6.92 Å². The van der Waals surface area contributed by atoms with Crippen LogP contribution in [0, 0.1) is 11.6 Å². The number of halogens is 3. The second kappa shape index (κ2) is 12.1. The number of aromatic nitrogens is 2. The van der Waals surface area contributed by atoms with Crippen molar-refractivity contribution in [3.05, 3.63) is 64.9 Å². The summed E-state index contributed by atoms with van der Waals surface area (Å²) in [4.78, 5) is 42.9. The number of hydrogen-bond acceptors (Lipinski definition) is 5. The molecule has 10 nitrogen and oxygen atoms in total. The zero-order valence-corrected chi connectivity index (χ0v) is 21.8. The molecule has 2 aromatic carbocycles. The molecule has 0 bridgehead atoms. The van der Waals surface area contributed by atoms with E-state index >= 15 is 0 Å². The average Bonchev–Trinajstić information content (AvgIpc) is 3.26. The molecular formula is C26H27ClF2N6O4. The molecule has 0 radical (unpaired) electrons. The molecule has 206 valence electrons. The number of nitrogens with zero attached hydrogens (tertiary/aromatic N) is 3. The zero-order chi connectivity index (χ0) is 28.1. The Morgan fingerprint density at radius 2 is 1.95 bits per heavy atom. The number of carboxylic acid groups (broad SMARTS) is 1. The lowest BCUT2D eigenvalue weighted by Gasteiger charge is -2.31. The minimum absolute atomic E-state index is 0.00614. The summed E-state index contributed by atoms with van der Waals surface area (Å²) in [5.41, 5.74) is 1.23. The number of carbonyl (C=O) groups is 3. The van der Waals surface area contributed by atoms with E-state index in [4.69, 9.17) is 11.6 Å². The fraction of sp³-hybridized carbons (Fsp3) is 0.308. The first-order chi connectivity index (χ1) is 18.7. The highest BCUT2D eigenvalue weighted by atomic mass is 35.5. The summed E-state index contributed by atoms with van der Waals surface area (Å²) in [7, 11) is 0. The maximum Gasteiger partial charge on any atom is 0.405 e. The van der Waals surface area contributed by atoms with Crippen molar-refractivity contribution in [3.63, 3.8) is 0 Å². The summed E-state index contributed by atoms with van der Waals surface area (Å²) in [6.45, 7) is 2.72. The number of amides is 3. The van der Waals surface area contributed by atoms with E-state index < -0.39 is 35.6 Å². The minimum atomic E-state index is -1.43. The lowest BCUT2D eigenvalue weighted by Crippen LogP contribution is -2.52. The number of hydrogen-bond donors (Lipinski definition) is 4. The Bertz CT molecular complexity index is 1400. The van der Waals surface area contributed by atoms with Gasteiger partial charge in [0.15, 0.2) is 0 Å². The third kappa shape index (κ3) is 6.63. The van der Waals surface area contributed by atoms with Crippen LogP contribution >= 0.6 is 11.6 Å². The third-order valence-corrected chi connectivity index (χ3v) is 6.43. The van der Waals surface area contributed by atoms with Gasteiger partial charge in [-0.15, -0.1) is 0 Å². The Balaban J connectivity index is 1.64. The first-order valence-electron chi connectivity index (χ1n) is 12.3. The largest absolute Gasteiger partial charge is 0.465 e. The van der Waals surface area contributed by atoms with E-state index in [9.17, 15) is 28.3 Å².